The molecule has 0 spiro atoms. The zero-order valence-corrected chi connectivity index (χ0v) is 15.4. The zero-order valence-electron chi connectivity index (χ0n) is 13.7. The number of sulfonamides is 1. The third-order valence-corrected chi connectivity index (χ3v) is 6.98. The van der Waals surface area contributed by atoms with E-state index in [1.807, 2.05) is 5.38 Å². The molecule has 5 nitrogen and oxygen atoms in total. The highest BCUT2D eigenvalue weighted by Crippen LogP contribution is 2.34. The minimum absolute atomic E-state index is 0.0103. The Kier molecular flexibility index (Phi) is 4.56. The molecule has 0 bridgehead atoms. The number of benzene rings is 1. The minimum Gasteiger partial charge on any atom is -0.263 e. The van der Waals surface area contributed by atoms with E-state index in [4.69, 9.17) is 0 Å². The number of thiazole rings is 1. The first kappa shape index (κ1) is 17.3. The molecule has 1 saturated carbocycles. The lowest BCUT2D eigenvalue weighted by molar-refractivity contribution is 0.395. The van der Waals surface area contributed by atoms with E-state index >= 15 is 0 Å². The number of rotatable bonds is 6. The quantitative estimate of drug-likeness (QED) is 0.645. The summed E-state index contributed by atoms with van der Waals surface area (Å²) in [5, 5.41) is 2.60. The second-order valence-corrected chi connectivity index (χ2v) is 8.87. The molecule has 1 aliphatic carbocycles. The SMILES string of the molecule is O=S(=O)(c1cccnc1)N(Cc1csc(-c2ccc(F)cc2)n1)C1CC1. The molecule has 0 N–H and O–H groups in total. The highest BCUT2D eigenvalue weighted by molar-refractivity contribution is 7.89. The van der Waals surface area contributed by atoms with Gasteiger partial charge in [0.1, 0.15) is 15.7 Å². The summed E-state index contributed by atoms with van der Waals surface area (Å²) in [4.78, 5) is 8.66. The van der Waals surface area contributed by atoms with Crippen LogP contribution in [0.3, 0.4) is 0 Å². The van der Waals surface area contributed by atoms with Crippen LogP contribution in [0.4, 0.5) is 4.39 Å². The van der Waals surface area contributed by atoms with Gasteiger partial charge in [-0.3, -0.25) is 4.98 Å². The number of halogens is 1. The second-order valence-electron chi connectivity index (χ2n) is 6.12. The Morgan fingerprint density at radius 2 is 1.96 bits per heavy atom. The van der Waals surface area contributed by atoms with Crippen LogP contribution in [0, 0.1) is 5.82 Å². The maximum Gasteiger partial charge on any atom is 0.245 e. The lowest BCUT2D eigenvalue weighted by atomic mass is 10.2. The van der Waals surface area contributed by atoms with E-state index in [0.29, 0.717) is 5.69 Å². The molecule has 26 heavy (non-hydrogen) atoms. The molecule has 0 aliphatic heterocycles. The molecule has 2 heterocycles. The van der Waals surface area contributed by atoms with Crippen molar-refractivity contribution in [3.8, 4) is 10.6 Å². The Morgan fingerprint density at radius 3 is 2.62 bits per heavy atom. The van der Waals surface area contributed by atoms with Gasteiger partial charge in [0.15, 0.2) is 0 Å². The first-order valence-corrected chi connectivity index (χ1v) is 10.5. The zero-order chi connectivity index (χ0) is 18.1. The Morgan fingerprint density at radius 1 is 1.19 bits per heavy atom. The fraction of sp³-hybridized carbons (Fsp3) is 0.222. The second kappa shape index (κ2) is 6.86. The van der Waals surface area contributed by atoms with Gasteiger partial charge >= 0.3 is 0 Å². The van der Waals surface area contributed by atoms with Crippen LogP contribution in [0.1, 0.15) is 18.5 Å². The normalized spacial score (nSPS) is 14.7. The van der Waals surface area contributed by atoms with Crippen LogP contribution in [0.2, 0.25) is 0 Å². The van der Waals surface area contributed by atoms with Crippen molar-refractivity contribution in [2.45, 2.75) is 30.3 Å². The molecule has 0 unspecified atom stereocenters. The van der Waals surface area contributed by atoms with Gasteiger partial charge in [0.05, 0.1) is 12.2 Å². The standard InChI is InChI=1S/C18H16FN3O2S2/c19-14-5-3-13(4-6-14)18-21-15(12-25-18)11-22(16-7-8-16)26(23,24)17-2-1-9-20-10-17/h1-6,9-10,12,16H,7-8,11H2. The number of hydrogen-bond donors (Lipinski definition) is 0. The highest BCUT2D eigenvalue weighted by atomic mass is 32.2. The van der Waals surface area contributed by atoms with Crippen molar-refractivity contribution < 1.29 is 12.8 Å². The molecule has 4 rings (SSSR count). The fourth-order valence-corrected chi connectivity index (χ4v) is 5.11. The van der Waals surface area contributed by atoms with Crippen molar-refractivity contribution in [1.29, 1.82) is 0 Å². The molecule has 0 radical (unpaired) electrons. The maximum absolute atomic E-state index is 13.1. The lowest BCUT2D eigenvalue weighted by Crippen LogP contribution is -2.32. The van der Waals surface area contributed by atoms with Gasteiger partial charge in [-0.2, -0.15) is 4.31 Å². The topological polar surface area (TPSA) is 63.2 Å². The average molecular weight is 389 g/mol. The molecule has 8 heteroatoms. The maximum atomic E-state index is 13.1. The van der Waals surface area contributed by atoms with Crippen LogP contribution in [-0.2, 0) is 16.6 Å². The smallest absolute Gasteiger partial charge is 0.245 e. The summed E-state index contributed by atoms with van der Waals surface area (Å²) in [5.74, 6) is -0.298. The van der Waals surface area contributed by atoms with Crippen LogP contribution < -0.4 is 0 Å². The predicted octanol–water partition coefficient (Wildman–Crippen LogP) is 3.70. The summed E-state index contributed by atoms with van der Waals surface area (Å²) in [5.41, 5.74) is 1.50. The molecule has 0 saturated heterocycles. The van der Waals surface area contributed by atoms with Crippen LogP contribution in [-0.4, -0.2) is 28.7 Å². The van der Waals surface area contributed by atoms with Crippen molar-refractivity contribution in [2.75, 3.05) is 0 Å². The van der Waals surface area contributed by atoms with Crippen LogP contribution in [0.5, 0.6) is 0 Å². The summed E-state index contributed by atoms with van der Waals surface area (Å²) in [6.07, 6.45) is 4.63. The molecule has 0 amide bonds. The number of nitrogens with zero attached hydrogens (tertiary/aromatic N) is 3. The molecule has 3 aromatic rings. The molecular formula is C18H16FN3O2S2. The van der Waals surface area contributed by atoms with Crippen LogP contribution in [0.15, 0.2) is 59.1 Å². The van der Waals surface area contributed by atoms with Gasteiger partial charge in [-0.15, -0.1) is 11.3 Å². The molecule has 0 atom stereocenters. The Bertz CT molecular complexity index is 1000. The lowest BCUT2D eigenvalue weighted by Gasteiger charge is -2.20. The van der Waals surface area contributed by atoms with Crippen molar-refractivity contribution in [2.24, 2.45) is 0 Å². The Labute approximate surface area is 155 Å². The van der Waals surface area contributed by atoms with Gasteiger partial charge in [-0.25, -0.2) is 17.8 Å². The molecule has 1 aromatic carbocycles. The molecule has 1 aliphatic rings. The summed E-state index contributed by atoms with van der Waals surface area (Å²) in [6, 6.07) is 9.30. The third-order valence-electron chi connectivity index (χ3n) is 4.16. The van der Waals surface area contributed by atoms with Gasteiger partial charge in [-0.05, 0) is 49.2 Å². The van der Waals surface area contributed by atoms with Crippen molar-refractivity contribution >= 4 is 21.4 Å². The van der Waals surface area contributed by atoms with E-state index in [0.717, 1.165) is 23.4 Å². The molecular weight excluding hydrogens is 373 g/mol. The van der Waals surface area contributed by atoms with Crippen molar-refractivity contribution in [3.63, 3.8) is 0 Å². The first-order valence-electron chi connectivity index (χ1n) is 8.16. The average Bonchev–Trinajstić information content (AvgIpc) is 3.38. The number of aromatic nitrogens is 2. The predicted molar refractivity (Wildman–Crippen MR) is 97.5 cm³/mol. The van der Waals surface area contributed by atoms with Gasteiger partial charge in [0.2, 0.25) is 10.0 Å². The van der Waals surface area contributed by atoms with E-state index in [2.05, 4.69) is 9.97 Å². The van der Waals surface area contributed by atoms with Crippen LogP contribution >= 0.6 is 11.3 Å². The number of pyridine rings is 1. The van der Waals surface area contributed by atoms with Gasteiger partial charge in [0, 0.05) is 29.4 Å². The van der Waals surface area contributed by atoms with E-state index in [1.165, 1.54) is 34.0 Å². The highest BCUT2D eigenvalue weighted by Gasteiger charge is 2.38. The summed E-state index contributed by atoms with van der Waals surface area (Å²) >= 11 is 1.42. The van der Waals surface area contributed by atoms with E-state index in [1.54, 1.807) is 30.5 Å². The summed E-state index contributed by atoms with van der Waals surface area (Å²) in [6.45, 7) is 0.222. The van der Waals surface area contributed by atoms with Crippen LogP contribution in [0.25, 0.3) is 10.6 Å². The molecule has 1 fully saturated rings. The van der Waals surface area contributed by atoms with E-state index < -0.39 is 10.0 Å². The molecule has 134 valence electrons. The Hall–Kier alpha value is -2.16. The van der Waals surface area contributed by atoms with E-state index in [9.17, 15) is 12.8 Å². The van der Waals surface area contributed by atoms with E-state index in [-0.39, 0.29) is 23.3 Å². The fourth-order valence-electron chi connectivity index (χ4n) is 2.67. The van der Waals surface area contributed by atoms with Crippen molar-refractivity contribution in [3.05, 3.63) is 65.7 Å². The number of hydrogen-bond acceptors (Lipinski definition) is 5. The largest absolute Gasteiger partial charge is 0.263 e. The Balaban J connectivity index is 1.59. The first-order chi connectivity index (χ1) is 12.5. The monoisotopic (exact) mass is 389 g/mol. The van der Waals surface area contributed by atoms with Gasteiger partial charge < -0.3 is 0 Å². The summed E-state index contributed by atoms with van der Waals surface area (Å²) in [7, 11) is -3.61. The van der Waals surface area contributed by atoms with Crippen molar-refractivity contribution in [1.82, 2.24) is 14.3 Å². The minimum atomic E-state index is -3.61. The van der Waals surface area contributed by atoms with Gasteiger partial charge in [-0.1, -0.05) is 0 Å². The third kappa shape index (κ3) is 3.53. The van der Waals surface area contributed by atoms with Gasteiger partial charge in [0.25, 0.3) is 0 Å². The summed E-state index contributed by atoms with van der Waals surface area (Å²) < 4.78 is 40.5. The molecule has 2 aromatic heterocycles.